The van der Waals surface area contributed by atoms with Gasteiger partial charge in [0.25, 0.3) is 0 Å². The highest BCUT2D eigenvalue weighted by Gasteiger charge is 2.33. The average molecular weight is 526 g/mol. The van der Waals surface area contributed by atoms with Crippen LogP contribution in [0.15, 0.2) is 78.9 Å². The maximum atomic E-state index is 12.8. The first-order chi connectivity index (χ1) is 17.4. The molecule has 0 saturated carbocycles. The van der Waals surface area contributed by atoms with Gasteiger partial charge >= 0.3 is 0 Å². The van der Waals surface area contributed by atoms with E-state index in [1.165, 1.54) is 0 Å². The molecule has 190 valence electrons. The zero-order chi connectivity index (χ0) is 25.4. The smallest absolute Gasteiger partial charge is 0.220 e. The second kappa shape index (κ2) is 12.7. The van der Waals surface area contributed by atoms with E-state index in [2.05, 4.69) is 10.2 Å². The molecule has 0 radical (unpaired) electrons. The van der Waals surface area contributed by atoms with Crippen molar-refractivity contribution >= 4 is 29.1 Å². The van der Waals surface area contributed by atoms with Crippen LogP contribution < -0.4 is 5.32 Å². The maximum absolute atomic E-state index is 12.8. The summed E-state index contributed by atoms with van der Waals surface area (Å²) in [6.07, 6.45) is 3.53. The van der Waals surface area contributed by atoms with Crippen LogP contribution in [0.4, 0.5) is 0 Å². The number of benzene rings is 3. The molecular weight excluding hydrogens is 491 g/mol. The lowest BCUT2D eigenvalue weighted by atomic mass is 9.84. The summed E-state index contributed by atoms with van der Waals surface area (Å²) in [4.78, 5) is 15.2. The number of nitrogens with one attached hydrogen (secondary N) is 1. The molecule has 1 saturated heterocycles. The molecule has 36 heavy (non-hydrogen) atoms. The van der Waals surface area contributed by atoms with Crippen LogP contribution in [-0.2, 0) is 23.4 Å². The minimum atomic E-state index is -0.755. The summed E-state index contributed by atoms with van der Waals surface area (Å²) in [5, 5.41) is 15.3. The van der Waals surface area contributed by atoms with Crippen LogP contribution in [0.1, 0.15) is 42.4 Å². The van der Waals surface area contributed by atoms with Gasteiger partial charge in [0.2, 0.25) is 5.91 Å². The quantitative estimate of drug-likeness (QED) is 0.330. The Hall–Kier alpha value is -2.37. The molecule has 1 heterocycles. The van der Waals surface area contributed by atoms with Crippen LogP contribution in [-0.4, -0.2) is 35.5 Å². The van der Waals surface area contributed by atoms with Crippen molar-refractivity contribution in [1.82, 2.24) is 10.2 Å². The molecule has 1 amide bonds. The molecule has 4 nitrogen and oxygen atoms in total. The number of aliphatic hydroxyl groups is 1. The van der Waals surface area contributed by atoms with Crippen molar-refractivity contribution in [3.05, 3.63) is 106 Å². The zero-order valence-electron chi connectivity index (χ0n) is 20.5. The zero-order valence-corrected chi connectivity index (χ0v) is 22.0. The molecule has 0 aliphatic carbocycles. The first kappa shape index (κ1) is 26.7. The molecule has 1 fully saturated rings. The number of hydrogen-bond donors (Lipinski definition) is 2. The van der Waals surface area contributed by atoms with Crippen LogP contribution in [0, 0.1) is 5.92 Å². The van der Waals surface area contributed by atoms with Crippen molar-refractivity contribution in [1.29, 1.82) is 0 Å². The summed E-state index contributed by atoms with van der Waals surface area (Å²) in [6.45, 7) is 3.10. The Morgan fingerprint density at radius 1 is 0.917 bits per heavy atom. The standard InChI is InChI=1S/C30H34Cl2N2O2/c31-27-12-11-24(20-28(27)32)19-25(21-29(35)33-22-23-7-3-1-4-8-23)13-16-34-17-14-30(36,15-18-34)26-9-5-2-6-10-26/h1-12,20,25,36H,13-19,21-22H2,(H,33,35). The molecule has 1 unspecified atom stereocenters. The molecule has 1 aliphatic heterocycles. The minimum Gasteiger partial charge on any atom is -0.385 e. The number of nitrogens with zero attached hydrogens (tertiary/aromatic N) is 1. The Bertz CT molecular complexity index is 1120. The number of carbonyl (C=O) groups is 1. The van der Waals surface area contributed by atoms with Gasteiger partial charge in [0.1, 0.15) is 0 Å². The van der Waals surface area contributed by atoms with Crippen LogP contribution >= 0.6 is 23.2 Å². The average Bonchev–Trinajstić information content (AvgIpc) is 2.90. The second-order valence-electron chi connectivity index (χ2n) is 9.81. The Kier molecular flexibility index (Phi) is 9.44. The third-order valence-electron chi connectivity index (χ3n) is 7.16. The van der Waals surface area contributed by atoms with E-state index < -0.39 is 5.60 Å². The van der Waals surface area contributed by atoms with Gasteiger partial charge in [-0.05, 0) is 67.0 Å². The Morgan fingerprint density at radius 2 is 1.58 bits per heavy atom. The van der Waals surface area contributed by atoms with E-state index in [-0.39, 0.29) is 11.8 Å². The predicted molar refractivity (Wildman–Crippen MR) is 147 cm³/mol. The molecule has 0 aromatic heterocycles. The van der Waals surface area contributed by atoms with Gasteiger partial charge in [-0.1, -0.05) is 89.9 Å². The van der Waals surface area contributed by atoms with Gasteiger partial charge in [-0.2, -0.15) is 0 Å². The first-order valence-corrected chi connectivity index (χ1v) is 13.4. The highest BCUT2D eigenvalue weighted by Crippen LogP contribution is 2.33. The molecule has 1 aliphatic rings. The molecule has 3 aromatic carbocycles. The van der Waals surface area contributed by atoms with Crippen LogP contribution in [0.3, 0.4) is 0 Å². The van der Waals surface area contributed by atoms with Gasteiger partial charge in [-0.3, -0.25) is 4.79 Å². The summed E-state index contributed by atoms with van der Waals surface area (Å²) in [6, 6.07) is 25.6. The second-order valence-corrected chi connectivity index (χ2v) is 10.6. The lowest BCUT2D eigenvalue weighted by Gasteiger charge is -2.39. The van der Waals surface area contributed by atoms with Gasteiger partial charge in [0.15, 0.2) is 0 Å². The molecule has 0 bridgehead atoms. The van der Waals surface area contributed by atoms with Crippen molar-refractivity contribution in [3.8, 4) is 0 Å². The van der Waals surface area contributed by atoms with E-state index in [0.717, 1.165) is 49.2 Å². The normalized spacial score (nSPS) is 16.4. The summed E-state index contributed by atoms with van der Waals surface area (Å²) in [5.74, 6) is 0.231. The Morgan fingerprint density at radius 3 is 2.25 bits per heavy atom. The van der Waals surface area contributed by atoms with Crippen molar-refractivity contribution in [2.45, 2.75) is 44.2 Å². The van der Waals surface area contributed by atoms with Crippen LogP contribution in [0.25, 0.3) is 0 Å². The largest absolute Gasteiger partial charge is 0.385 e. The lowest BCUT2D eigenvalue weighted by Crippen LogP contribution is -2.43. The number of piperidine rings is 1. The van der Waals surface area contributed by atoms with Crippen molar-refractivity contribution in [3.63, 3.8) is 0 Å². The monoisotopic (exact) mass is 524 g/mol. The third-order valence-corrected chi connectivity index (χ3v) is 7.90. The van der Waals surface area contributed by atoms with E-state index >= 15 is 0 Å². The lowest BCUT2D eigenvalue weighted by molar-refractivity contribution is -0.122. The van der Waals surface area contributed by atoms with E-state index in [4.69, 9.17) is 23.2 Å². The van der Waals surface area contributed by atoms with E-state index in [0.29, 0.717) is 35.9 Å². The SMILES string of the molecule is O=C(CC(CCN1CCC(O)(c2ccccc2)CC1)Cc1ccc(Cl)c(Cl)c1)NCc1ccccc1. The van der Waals surface area contributed by atoms with Crippen molar-refractivity contribution in [2.24, 2.45) is 5.92 Å². The molecule has 2 N–H and O–H groups in total. The topological polar surface area (TPSA) is 52.6 Å². The molecule has 0 spiro atoms. The van der Waals surface area contributed by atoms with E-state index in [9.17, 15) is 9.90 Å². The fourth-order valence-electron chi connectivity index (χ4n) is 4.96. The summed E-state index contributed by atoms with van der Waals surface area (Å²) < 4.78 is 0. The van der Waals surface area contributed by atoms with Gasteiger partial charge in [0, 0.05) is 26.1 Å². The fourth-order valence-corrected chi connectivity index (χ4v) is 5.28. The van der Waals surface area contributed by atoms with Crippen molar-refractivity contribution < 1.29 is 9.90 Å². The number of likely N-dealkylation sites (tertiary alicyclic amines) is 1. The van der Waals surface area contributed by atoms with Crippen LogP contribution in [0.5, 0.6) is 0 Å². The van der Waals surface area contributed by atoms with Gasteiger partial charge in [-0.15, -0.1) is 0 Å². The third kappa shape index (κ3) is 7.57. The Labute approximate surface area is 224 Å². The highest BCUT2D eigenvalue weighted by atomic mass is 35.5. The maximum Gasteiger partial charge on any atom is 0.220 e. The highest BCUT2D eigenvalue weighted by molar-refractivity contribution is 6.42. The van der Waals surface area contributed by atoms with Gasteiger partial charge < -0.3 is 15.3 Å². The van der Waals surface area contributed by atoms with Crippen LogP contribution in [0.2, 0.25) is 10.0 Å². The van der Waals surface area contributed by atoms with E-state index in [1.807, 2.05) is 78.9 Å². The van der Waals surface area contributed by atoms with Crippen molar-refractivity contribution in [2.75, 3.05) is 19.6 Å². The van der Waals surface area contributed by atoms with Gasteiger partial charge in [0.05, 0.1) is 15.6 Å². The predicted octanol–water partition coefficient (Wildman–Crippen LogP) is 6.23. The summed E-state index contributed by atoms with van der Waals surface area (Å²) in [5.41, 5.74) is 2.42. The fraction of sp³-hybridized carbons (Fsp3) is 0.367. The molecule has 6 heteroatoms. The Balaban J connectivity index is 1.34. The molecule has 3 aromatic rings. The van der Waals surface area contributed by atoms with E-state index in [1.54, 1.807) is 0 Å². The number of halogens is 2. The number of amides is 1. The number of carbonyl (C=O) groups excluding carboxylic acids is 1. The molecule has 1 atom stereocenters. The number of rotatable bonds is 10. The summed E-state index contributed by atoms with van der Waals surface area (Å²) >= 11 is 12.4. The molecule has 4 rings (SSSR count). The molecular formula is C30H34Cl2N2O2. The first-order valence-electron chi connectivity index (χ1n) is 12.7. The summed E-state index contributed by atoms with van der Waals surface area (Å²) in [7, 11) is 0. The minimum absolute atomic E-state index is 0.0565. The van der Waals surface area contributed by atoms with Gasteiger partial charge in [-0.25, -0.2) is 0 Å². The number of hydrogen-bond acceptors (Lipinski definition) is 3.